The molecule has 10 heteroatoms. The van der Waals surface area contributed by atoms with Crippen LogP contribution in [0.5, 0.6) is 0 Å². The molecule has 1 aliphatic rings. The minimum Gasteiger partial charge on any atom is -0.361 e. The summed E-state index contributed by atoms with van der Waals surface area (Å²) in [4.78, 5) is 17.4. The molecule has 0 spiro atoms. The Labute approximate surface area is 191 Å². The van der Waals surface area contributed by atoms with E-state index >= 15 is 0 Å². The van der Waals surface area contributed by atoms with Crippen LogP contribution in [-0.2, 0) is 6.54 Å². The summed E-state index contributed by atoms with van der Waals surface area (Å²) in [6.07, 6.45) is 5.70. The molecule has 1 aromatic carbocycles. The van der Waals surface area contributed by atoms with Crippen LogP contribution in [0.3, 0.4) is 0 Å². The first-order valence-corrected chi connectivity index (χ1v) is 11.0. The van der Waals surface area contributed by atoms with Crippen molar-refractivity contribution in [2.45, 2.75) is 46.1 Å². The number of imidazole rings is 1. The highest BCUT2D eigenvalue weighted by Gasteiger charge is 2.26. The van der Waals surface area contributed by atoms with Crippen LogP contribution in [0.4, 0.5) is 11.4 Å². The molecule has 1 N–H and O–H groups in total. The predicted molar refractivity (Wildman–Crippen MR) is 125 cm³/mol. The number of aryl methyl sites for hydroxylation is 3. The van der Waals surface area contributed by atoms with Crippen molar-refractivity contribution in [1.82, 2.24) is 19.6 Å². The number of nitrogens with zero attached hydrogens (tertiary/aromatic N) is 5. The van der Waals surface area contributed by atoms with E-state index in [1.807, 2.05) is 33.2 Å². The van der Waals surface area contributed by atoms with Gasteiger partial charge in [0.1, 0.15) is 11.6 Å². The summed E-state index contributed by atoms with van der Waals surface area (Å²) in [5.41, 5.74) is 3.63. The molecule has 0 unspecified atom stereocenters. The number of nitro benzene ring substituents is 1. The molecule has 0 atom stereocenters. The van der Waals surface area contributed by atoms with Gasteiger partial charge in [-0.2, -0.15) is 0 Å². The highest BCUT2D eigenvalue weighted by molar-refractivity contribution is 7.80. The lowest BCUT2D eigenvalue weighted by atomic mass is 9.96. The molecule has 1 aliphatic heterocycles. The van der Waals surface area contributed by atoms with Crippen molar-refractivity contribution in [1.29, 1.82) is 0 Å². The highest BCUT2D eigenvalue weighted by atomic mass is 32.1. The molecule has 0 bridgehead atoms. The second-order valence-corrected chi connectivity index (χ2v) is 8.55. The third-order valence-corrected chi connectivity index (χ3v) is 6.44. The van der Waals surface area contributed by atoms with Crippen LogP contribution in [-0.4, -0.2) is 42.7 Å². The predicted octanol–water partition coefficient (Wildman–Crippen LogP) is 4.33. The first-order valence-electron chi connectivity index (χ1n) is 10.6. The van der Waals surface area contributed by atoms with Gasteiger partial charge in [0, 0.05) is 54.8 Å². The van der Waals surface area contributed by atoms with Crippen LogP contribution < -0.4 is 5.32 Å². The van der Waals surface area contributed by atoms with Gasteiger partial charge in [-0.25, -0.2) is 4.98 Å². The molecule has 4 rings (SSSR count). The van der Waals surface area contributed by atoms with E-state index in [0.717, 1.165) is 54.3 Å². The number of nitrogens with one attached hydrogen (secondary N) is 1. The Kier molecular flexibility index (Phi) is 6.22. The quantitative estimate of drug-likeness (QED) is 0.345. The van der Waals surface area contributed by atoms with Crippen LogP contribution in [0, 0.1) is 30.9 Å². The number of non-ortho nitro benzene ring substituents is 1. The lowest BCUT2D eigenvalue weighted by molar-refractivity contribution is -0.384. The maximum atomic E-state index is 11.1. The van der Waals surface area contributed by atoms with Gasteiger partial charge in [0.05, 0.1) is 17.2 Å². The van der Waals surface area contributed by atoms with E-state index in [2.05, 4.69) is 24.9 Å². The molecule has 3 heterocycles. The molecule has 168 valence electrons. The number of piperidine rings is 1. The number of hydrogen-bond donors (Lipinski definition) is 1. The molecule has 0 radical (unpaired) electrons. The number of rotatable bonds is 5. The van der Waals surface area contributed by atoms with Gasteiger partial charge in [-0.3, -0.25) is 10.1 Å². The van der Waals surface area contributed by atoms with Gasteiger partial charge in [0.2, 0.25) is 0 Å². The van der Waals surface area contributed by atoms with Crippen molar-refractivity contribution in [2.24, 2.45) is 0 Å². The fraction of sp³-hybridized carbons (Fsp3) is 0.409. The second-order valence-electron chi connectivity index (χ2n) is 8.16. The van der Waals surface area contributed by atoms with Crippen molar-refractivity contribution in [3.05, 3.63) is 69.1 Å². The Hall–Kier alpha value is -3.27. The molecular formula is C22H26N6O3S. The maximum absolute atomic E-state index is 11.1. The number of anilines is 1. The van der Waals surface area contributed by atoms with E-state index in [1.54, 1.807) is 6.07 Å². The van der Waals surface area contributed by atoms with Gasteiger partial charge in [0.25, 0.3) is 5.69 Å². The second kappa shape index (κ2) is 9.07. The lowest BCUT2D eigenvalue weighted by Crippen LogP contribution is -2.40. The maximum Gasteiger partial charge on any atom is 0.271 e. The summed E-state index contributed by atoms with van der Waals surface area (Å²) in [6, 6.07) is 4.76. The zero-order chi connectivity index (χ0) is 22.8. The van der Waals surface area contributed by atoms with Crippen LogP contribution >= 0.6 is 12.2 Å². The minimum atomic E-state index is -0.399. The van der Waals surface area contributed by atoms with E-state index in [1.165, 1.54) is 12.1 Å². The molecule has 0 amide bonds. The monoisotopic (exact) mass is 454 g/mol. The Balaban J connectivity index is 1.39. The van der Waals surface area contributed by atoms with E-state index in [-0.39, 0.29) is 5.69 Å². The molecule has 1 fully saturated rings. The SMILES string of the molecule is Cc1ccc([N+](=O)[O-])cc1NC(=S)N1CCC(c2nccn2Cc2c(C)noc2C)CC1. The largest absolute Gasteiger partial charge is 0.361 e. The first kappa shape index (κ1) is 21.9. The Morgan fingerprint density at radius 2 is 2.06 bits per heavy atom. The Morgan fingerprint density at radius 3 is 2.72 bits per heavy atom. The van der Waals surface area contributed by atoms with Crippen molar-refractivity contribution in [3.63, 3.8) is 0 Å². The third-order valence-electron chi connectivity index (χ3n) is 6.08. The third kappa shape index (κ3) is 4.50. The average Bonchev–Trinajstić information content (AvgIpc) is 3.37. The van der Waals surface area contributed by atoms with Gasteiger partial charge in [-0.05, 0) is 51.4 Å². The first-order chi connectivity index (χ1) is 15.3. The number of likely N-dealkylation sites (tertiary alicyclic amines) is 1. The topological polar surface area (TPSA) is 102 Å². The summed E-state index contributed by atoms with van der Waals surface area (Å²) < 4.78 is 7.47. The summed E-state index contributed by atoms with van der Waals surface area (Å²) in [7, 11) is 0. The van der Waals surface area contributed by atoms with E-state index in [4.69, 9.17) is 16.7 Å². The van der Waals surface area contributed by atoms with Crippen molar-refractivity contribution < 1.29 is 9.45 Å². The summed E-state index contributed by atoms with van der Waals surface area (Å²) in [5.74, 6) is 2.24. The zero-order valence-electron chi connectivity index (χ0n) is 18.4. The fourth-order valence-electron chi connectivity index (χ4n) is 4.11. The van der Waals surface area contributed by atoms with Crippen molar-refractivity contribution in [3.8, 4) is 0 Å². The van der Waals surface area contributed by atoms with Crippen LogP contribution in [0.15, 0.2) is 35.1 Å². The number of benzene rings is 1. The highest BCUT2D eigenvalue weighted by Crippen LogP contribution is 2.29. The molecule has 2 aromatic heterocycles. The number of hydrogen-bond acceptors (Lipinski definition) is 6. The molecule has 3 aromatic rings. The summed E-state index contributed by atoms with van der Waals surface area (Å²) in [6.45, 7) is 8.08. The summed E-state index contributed by atoms with van der Waals surface area (Å²) >= 11 is 5.60. The number of thiocarbonyl (C=S) groups is 1. The van der Waals surface area contributed by atoms with Crippen LogP contribution in [0.1, 0.15) is 47.2 Å². The van der Waals surface area contributed by atoms with Gasteiger partial charge in [0.15, 0.2) is 5.11 Å². The van der Waals surface area contributed by atoms with Crippen molar-refractivity contribution in [2.75, 3.05) is 18.4 Å². The average molecular weight is 455 g/mol. The normalized spacial score (nSPS) is 14.5. The van der Waals surface area contributed by atoms with Gasteiger partial charge >= 0.3 is 0 Å². The minimum absolute atomic E-state index is 0.0461. The smallest absolute Gasteiger partial charge is 0.271 e. The van der Waals surface area contributed by atoms with Gasteiger partial charge < -0.3 is 19.3 Å². The van der Waals surface area contributed by atoms with Gasteiger partial charge in [-0.15, -0.1) is 0 Å². The van der Waals surface area contributed by atoms with Crippen molar-refractivity contribution >= 4 is 28.7 Å². The fourth-order valence-corrected chi connectivity index (χ4v) is 4.40. The molecule has 0 aliphatic carbocycles. The molecule has 1 saturated heterocycles. The van der Waals surface area contributed by atoms with E-state index < -0.39 is 4.92 Å². The molecule has 0 saturated carbocycles. The van der Waals surface area contributed by atoms with Gasteiger partial charge in [-0.1, -0.05) is 11.2 Å². The zero-order valence-corrected chi connectivity index (χ0v) is 19.2. The molecule has 32 heavy (non-hydrogen) atoms. The van der Waals surface area contributed by atoms with Crippen LogP contribution in [0.25, 0.3) is 0 Å². The van der Waals surface area contributed by atoms with E-state index in [9.17, 15) is 10.1 Å². The van der Waals surface area contributed by atoms with Crippen LogP contribution in [0.2, 0.25) is 0 Å². The Morgan fingerprint density at radius 1 is 1.31 bits per heavy atom. The molecule has 9 nitrogen and oxygen atoms in total. The number of nitro groups is 1. The summed E-state index contributed by atoms with van der Waals surface area (Å²) in [5, 5.41) is 18.9. The van der Waals surface area contributed by atoms with E-state index in [0.29, 0.717) is 23.3 Å². The standard InChI is InChI=1S/C22H26N6O3S/c1-14-4-5-18(28(29)30)12-20(14)24-22(32)26-9-6-17(7-10-26)21-23-8-11-27(21)13-19-15(2)25-31-16(19)3/h4-5,8,11-12,17H,6-7,9-10,13H2,1-3H3,(H,24,32). The Bertz CT molecular complexity index is 1130. The number of aromatic nitrogens is 3. The lowest BCUT2D eigenvalue weighted by Gasteiger charge is -2.34. The molecular weight excluding hydrogens is 428 g/mol.